The number of anilines is 2. The van der Waals surface area contributed by atoms with E-state index < -0.39 is 20.0 Å². The number of aromatic nitrogens is 5. The second kappa shape index (κ2) is 11.2. The minimum absolute atomic E-state index is 0.221. The van der Waals surface area contributed by atoms with Crippen molar-refractivity contribution in [2.75, 3.05) is 37.7 Å². The van der Waals surface area contributed by atoms with Gasteiger partial charge in [-0.25, -0.2) is 9.67 Å². The van der Waals surface area contributed by atoms with Crippen molar-refractivity contribution in [1.29, 1.82) is 0 Å². The first-order valence-electron chi connectivity index (χ1n) is 17.2. The van der Waals surface area contributed by atoms with E-state index in [1.165, 1.54) is 0 Å². The highest BCUT2D eigenvalue weighted by molar-refractivity contribution is 6.05. The molecule has 216 valence electrons. The molecule has 0 saturated heterocycles. The zero-order chi connectivity index (χ0) is 33.7. The van der Waals surface area contributed by atoms with Crippen molar-refractivity contribution >= 4 is 28.6 Å². The molecule has 4 aromatic rings. The number of hydrogen-bond donors (Lipinski definition) is 2. The zero-order valence-corrected chi connectivity index (χ0v) is 23.6. The Labute approximate surface area is 249 Å². The number of fused-ring (bicyclic) bond motifs is 7. The largest absolute Gasteiger partial charge is 0.477 e. The number of rotatable bonds is 5. The Bertz CT molecular complexity index is 1760. The van der Waals surface area contributed by atoms with Crippen LogP contribution in [0.3, 0.4) is 0 Å². The lowest BCUT2D eigenvalue weighted by molar-refractivity contribution is 0.102. The van der Waals surface area contributed by atoms with Crippen LogP contribution < -0.4 is 15.4 Å². The van der Waals surface area contributed by atoms with Gasteiger partial charge in [-0.1, -0.05) is 0 Å². The standard InChI is InChI=1S/C31H40N8O2/c1-19-13-23-14-26(34-19)25-16-32-38(5)30(25)41-12-6-7-22(21-8-9-21)18-39-28-11-10-24(33-20(2)17-37(3)4)15-27(28)35-31(39)36-29(23)40/h10-11,13-16,20-22,33H,6-9,12,17-18H2,1-5H3,(H,35,36,40)/t20-,22+/m0/s1/i3D3,4D3. The number of benzene rings is 1. The molecule has 0 unspecified atom stereocenters. The highest BCUT2D eigenvalue weighted by Gasteiger charge is 2.32. The van der Waals surface area contributed by atoms with Crippen molar-refractivity contribution in [2.24, 2.45) is 18.9 Å². The Kier molecular flexibility index (Phi) is 5.68. The summed E-state index contributed by atoms with van der Waals surface area (Å²) in [5.41, 5.74) is 4.57. The fourth-order valence-electron chi connectivity index (χ4n) is 5.78. The second-order valence-corrected chi connectivity index (χ2v) is 11.3. The number of ether oxygens (including phenoxy) is 1. The van der Waals surface area contributed by atoms with Crippen molar-refractivity contribution in [2.45, 2.75) is 52.1 Å². The maximum atomic E-state index is 13.8. The van der Waals surface area contributed by atoms with E-state index in [9.17, 15) is 4.79 Å². The van der Waals surface area contributed by atoms with Gasteiger partial charge in [0.25, 0.3) is 5.91 Å². The molecule has 2 atom stereocenters. The van der Waals surface area contributed by atoms with Crippen LogP contribution in [0.25, 0.3) is 22.3 Å². The molecular formula is C31H40N8O2. The average Bonchev–Trinajstić information content (AvgIpc) is 3.68. The van der Waals surface area contributed by atoms with Gasteiger partial charge < -0.3 is 19.5 Å². The van der Waals surface area contributed by atoms with E-state index in [1.54, 1.807) is 29.9 Å². The summed E-state index contributed by atoms with van der Waals surface area (Å²) < 4.78 is 56.1. The van der Waals surface area contributed by atoms with E-state index in [1.807, 2.05) is 32.2 Å². The van der Waals surface area contributed by atoms with Crippen molar-refractivity contribution in [3.63, 3.8) is 0 Å². The SMILES string of the molecule is [2H]C([2H])([2H])N(C[C@H](C)Nc1ccc2c(c1)nc1n2C[C@H](C2CC2)CCCOc2c(cnn2C)-c2cc(cc(C)n2)C(=O)N1)C([2H])([2H])[2H]. The number of nitrogens with one attached hydrogen (secondary N) is 2. The molecular weight excluding hydrogens is 516 g/mol. The van der Waals surface area contributed by atoms with E-state index in [0.717, 1.165) is 36.8 Å². The smallest absolute Gasteiger partial charge is 0.258 e. The molecule has 10 nitrogen and oxygen atoms in total. The molecule has 1 saturated carbocycles. The Hall–Kier alpha value is -3.92. The number of pyridine rings is 1. The molecule has 1 aliphatic heterocycles. The molecule has 2 N–H and O–H groups in total. The van der Waals surface area contributed by atoms with E-state index in [4.69, 9.17) is 17.9 Å². The van der Waals surface area contributed by atoms with Crippen LogP contribution in [0.1, 0.15) is 56.9 Å². The first kappa shape index (κ1) is 20.9. The van der Waals surface area contributed by atoms with Gasteiger partial charge in [0.15, 0.2) is 0 Å². The molecule has 1 fully saturated rings. The van der Waals surface area contributed by atoms with Crippen LogP contribution in [0, 0.1) is 18.8 Å². The minimum atomic E-state index is -2.77. The first-order valence-corrected chi connectivity index (χ1v) is 14.2. The molecule has 41 heavy (non-hydrogen) atoms. The fourth-order valence-corrected chi connectivity index (χ4v) is 5.78. The number of aryl methyl sites for hydroxylation is 2. The van der Waals surface area contributed by atoms with Crippen LogP contribution in [-0.4, -0.2) is 68.3 Å². The Morgan fingerprint density at radius 3 is 2.85 bits per heavy atom. The summed E-state index contributed by atoms with van der Waals surface area (Å²) in [6, 6.07) is 8.60. The molecule has 1 amide bonds. The third-order valence-electron chi connectivity index (χ3n) is 7.88. The quantitative estimate of drug-likeness (QED) is 0.355. The number of imidazole rings is 1. The fraction of sp³-hybridized carbons (Fsp3) is 0.484. The third-order valence-corrected chi connectivity index (χ3v) is 7.88. The van der Waals surface area contributed by atoms with E-state index >= 15 is 0 Å². The molecule has 0 spiro atoms. The summed E-state index contributed by atoms with van der Waals surface area (Å²) in [4.78, 5) is 23.9. The van der Waals surface area contributed by atoms with E-state index in [0.29, 0.717) is 69.9 Å². The van der Waals surface area contributed by atoms with Gasteiger partial charge in [-0.05, 0) is 95.7 Å². The number of hydrogen-bond acceptors (Lipinski definition) is 7. The van der Waals surface area contributed by atoms with E-state index in [2.05, 4.69) is 25.3 Å². The predicted molar refractivity (Wildman–Crippen MR) is 161 cm³/mol. The van der Waals surface area contributed by atoms with Gasteiger partial charge in [-0.15, -0.1) is 0 Å². The van der Waals surface area contributed by atoms with Crippen molar-refractivity contribution in [1.82, 2.24) is 29.2 Å². The molecule has 3 aromatic heterocycles. The number of carbonyl (C=O) groups excluding carboxylic acids is 1. The molecule has 1 aromatic carbocycles. The normalized spacial score (nSPS) is 21.4. The third kappa shape index (κ3) is 5.93. The number of likely N-dealkylation sites (N-methyl/N-ethyl adjacent to an activating group) is 1. The van der Waals surface area contributed by atoms with Gasteiger partial charge in [0.2, 0.25) is 11.8 Å². The topological polar surface area (TPSA) is 102 Å². The molecule has 0 radical (unpaired) electrons. The van der Waals surface area contributed by atoms with Crippen molar-refractivity contribution < 1.29 is 17.8 Å². The highest BCUT2D eigenvalue weighted by atomic mass is 16.5. The molecule has 1 aliphatic carbocycles. The Morgan fingerprint density at radius 1 is 1.20 bits per heavy atom. The van der Waals surface area contributed by atoms with Gasteiger partial charge in [0, 0.05) is 51.3 Å². The zero-order valence-electron chi connectivity index (χ0n) is 29.6. The van der Waals surface area contributed by atoms with Crippen molar-refractivity contribution in [3.8, 4) is 17.1 Å². The van der Waals surface area contributed by atoms with Gasteiger partial charge >= 0.3 is 0 Å². The Balaban J connectivity index is 1.34. The molecule has 4 heterocycles. The highest BCUT2D eigenvalue weighted by Crippen LogP contribution is 2.41. The maximum absolute atomic E-state index is 13.8. The Morgan fingerprint density at radius 2 is 2.05 bits per heavy atom. The monoisotopic (exact) mass is 562 g/mol. The van der Waals surface area contributed by atoms with Crippen LogP contribution in [0.2, 0.25) is 0 Å². The lowest BCUT2D eigenvalue weighted by atomic mass is 9.97. The van der Waals surface area contributed by atoms with Crippen LogP contribution in [0.4, 0.5) is 11.6 Å². The summed E-state index contributed by atoms with van der Waals surface area (Å²) in [5.74, 6) is 1.67. The average molecular weight is 563 g/mol. The first-order chi connectivity index (χ1) is 22.2. The van der Waals surface area contributed by atoms with Crippen LogP contribution in [-0.2, 0) is 13.6 Å². The van der Waals surface area contributed by atoms with Crippen LogP contribution in [0.15, 0.2) is 36.5 Å². The van der Waals surface area contributed by atoms with Gasteiger partial charge in [-0.3, -0.25) is 15.1 Å². The predicted octanol–water partition coefficient (Wildman–Crippen LogP) is 4.95. The second-order valence-electron chi connectivity index (χ2n) is 11.3. The van der Waals surface area contributed by atoms with Crippen LogP contribution >= 0.6 is 0 Å². The molecule has 6 rings (SSSR count). The minimum Gasteiger partial charge on any atom is -0.477 e. The van der Waals surface area contributed by atoms with E-state index in [-0.39, 0.29) is 12.5 Å². The van der Waals surface area contributed by atoms with Gasteiger partial charge in [0.05, 0.1) is 35.1 Å². The van der Waals surface area contributed by atoms with Crippen LogP contribution in [0.5, 0.6) is 5.88 Å². The number of nitrogens with zero attached hydrogens (tertiary/aromatic N) is 6. The van der Waals surface area contributed by atoms with Crippen molar-refractivity contribution in [3.05, 3.63) is 47.8 Å². The van der Waals surface area contributed by atoms with Gasteiger partial charge in [-0.2, -0.15) is 5.10 Å². The summed E-state index contributed by atoms with van der Waals surface area (Å²) in [6.45, 7) is -0.992. The van der Waals surface area contributed by atoms with Gasteiger partial charge in [0.1, 0.15) is 0 Å². The summed E-state index contributed by atoms with van der Waals surface area (Å²) in [7, 11) is 1.83. The lowest BCUT2D eigenvalue weighted by Crippen LogP contribution is -2.29. The summed E-state index contributed by atoms with van der Waals surface area (Å²) in [5, 5.41) is 10.7. The molecule has 2 aliphatic rings. The summed E-state index contributed by atoms with van der Waals surface area (Å²) >= 11 is 0. The maximum Gasteiger partial charge on any atom is 0.258 e. The molecule has 2 bridgehead atoms. The number of carbonyl (C=O) groups is 1. The summed E-state index contributed by atoms with van der Waals surface area (Å²) in [6.07, 6.45) is 5.83. The lowest BCUT2D eigenvalue weighted by Gasteiger charge is -2.20. The number of amides is 1. The molecule has 10 heteroatoms.